The third kappa shape index (κ3) is 4.86. The second-order valence-electron chi connectivity index (χ2n) is 6.98. The molecular formula is C20H31N3O. The van der Waals surface area contributed by atoms with Gasteiger partial charge in [-0.3, -0.25) is 9.80 Å². The summed E-state index contributed by atoms with van der Waals surface area (Å²) in [6, 6.07) is 0. The van der Waals surface area contributed by atoms with Gasteiger partial charge in [0.2, 0.25) is 0 Å². The van der Waals surface area contributed by atoms with Gasteiger partial charge in [-0.25, -0.2) is 5.84 Å². The zero-order valence-electron chi connectivity index (χ0n) is 15.1. The maximum atomic E-state index is 12.7. The van der Waals surface area contributed by atoms with Crippen LogP contribution in [0.5, 0.6) is 0 Å². The number of carbonyl (C=O) groups is 1. The highest BCUT2D eigenvalue weighted by Gasteiger charge is 2.25. The molecule has 4 heteroatoms. The van der Waals surface area contributed by atoms with E-state index in [4.69, 9.17) is 5.84 Å². The van der Waals surface area contributed by atoms with Crippen LogP contribution in [-0.4, -0.2) is 18.0 Å². The molecule has 2 unspecified atom stereocenters. The molecule has 0 spiro atoms. The van der Waals surface area contributed by atoms with Gasteiger partial charge in [0.15, 0.2) is 5.82 Å². The maximum Gasteiger partial charge on any atom is 0.253 e. The lowest BCUT2D eigenvalue weighted by atomic mass is 9.87. The van der Waals surface area contributed by atoms with Crippen LogP contribution in [0, 0.1) is 11.8 Å². The van der Waals surface area contributed by atoms with Crippen LogP contribution in [0.15, 0.2) is 41.4 Å². The van der Waals surface area contributed by atoms with Gasteiger partial charge in [0.25, 0.3) is 5.91 Å². The molecule has 1 saturated carbocycles. The third-order valence-electron chi connectivity index (χ3n) is 5.24. The first-order chi connectivity index (χ1) is 11.5. The molecule has 1 fully saturated rings. The van der Waals surface area contributed by atoms with E-state index in [0.29, 0.717) is 11.7 Å². The first kappa shape index (κ1) is 18.6. The van der Waals surface area contributed by atoms with Crippen LogP contribution in [0.25, 0.3) is 0 Å². The molecule has 2 atom stereocenters. The summed E-state index contributed by atoms with van der Waals surface area (Å²) in [7, 11) is 1.69. The van der Waals surface area contributed by atoms with Crippen molar-refractivity contribution in [2.45, 2.75) is 58.3 Å². The molecule has 1 heterocycles. The third-order valence-corrected chi connectivity index (χ3v) is 5.24. The fraction of sp³-hybridized carbons (Fsp3) is 0.600. The standard InChI is InChI=1S/C20H31N3O/c1-4-15-9-6-7-11-17(12-8-10-15)18-13-16(5-2)14-19(23(3)21)22-20(18)24/h5,13,15,17H,2,4,6-12,21H2,1,3H3,(H,22,24). The van der Waals surface area contributed by atoms with Crippen LogP contribution >= 0.6 is 0 Å². The summed E-state index contributed by atoms with van der Waals surface area (Å²) < 4.78 is 0. The van der Waals surface area contributed by atoms with Gasteiger partial charge < -0.3 is 5.32 Å². The Morgan fingerprint density at radius 1 is 1.33 bits per heavy atom. The van der Waals surface area contributed by atoms with Gasteiger partial charge in [0, 0.05) is 18.2 Å². The van der Waals surface area contributed by atoms with Crippen LogP contribution in [0.2, 0.25) is 0 Å². The van der Waals surface area contributed by atoms with Gasteiger partial charge >= 0.3 is 0 Å². The summed E-state index contributed by atoms with van der Waals surface area (Å²) in [6.07, 6.45) is 13.4. The molecule has 1 aliphatic carbocycles. The predicted molar refractivity (Wildman–Crippen MR) is 98.5 cm³/mol. The van der Waals surface area contributed by atoms with Crippen molar-refractivity contribution < 1.29 is 4.79 Å². The van der Waals surface area contributed by atoms with E-state index in [1.54, 1.807) is 13.1 Å². The molecule has 4 nitrogen and oxygen atoms in total. The van der Waals surface area contributed by atoms with Crippen molar-refractivity contribution in [3.05, 3.63) is 41.4 Å². The van der Waals surface area contributed by atoms with Crippen LogP contribution in [-0.2, 0) is 4.79 Å². The molecule has 0 saturated heterocycles. The molecule has 1 aliphatic heterocycles. The minimum Gasteiger partial charge on any atom is -0.301 e. The van der Waals surface area contributed by atoms with Crippen molar-refractivity contribution in [1.82, 2.24) is 10.3 Å². The predicted octanol–water partition coefficient (Wildman–Crippen LogP) is 3.79. The van der Waals surface area contributed by atoms with Crippen LogP contribution in [0.3, 0.4) is 0 Å². The lowest BCUT2D eigenvalue weighted by molar-refractivity contribution is -0.117. The molecule has 0 aromatic heterocycles. The lowest BCUT2D eigenvalue weighted by Gasteiger charge is -2.20. The lowest BCUT2D eigenvalue weighted by Crippen LogP contribution is -2.37. The Morgan fingerprint density at radius 3 is 2.67 bits per heavy atom. The number of carbonyl (C=O) groups excluding carboxylic acids is 1. The summed E-state index contributed by atoms with van der Waals surface area (Å²) in [5, 5.41) is 4.27. The summed E-state index contributed by atoms with van der Waals surface area (Å²) >= 11 is 0. The van der Waals surface area contributed by atoms with Crippen molar-refractivity contribution in [1.29, 1.82) is 0 Å². The van der Waals surface area contributed by atoms with Crippen molar-refractivity contribution in [3.63, 3.8) is 0 Å². The Kier molecular flexibility index (Phi) is 6.89. The van der Waals surface area contributed by atoms with E-state index in [2.05, 4.69) is 24.6 Å². The molecule has 2 rings (SSSR count). The van der Waals surface area contributed by atoms with E-state index in [-0.39, 0.29) is 5.91 Å². The topological polar surface area (TPSA) is 58.4 Å². The number of nitrogens with zero attached hydrogens (tertiary/aromatic N) is 1. The zero-order chi connectivity index (χ0) is 17.5. The van der Waals surface area contributed by atoms with Crippen molar-refractivity contribution in [2.24, 2.45) is 17.7 Å². The molecule has 24 heavy (non-hydrogen) atoms. The summed E-state index contributed by atoms with van der Waals surface area (Å²) in [6.45, 7) is 6.13. The van der Waals surface area contributed by atoms with E-state index in [9.17, 15) is 4.79 Å². The van der Waals surface area contributed by atoms with Gasteiger partial charge in [0.1, 0.15) is 0 Å². The highest BCUT2D eigenvalue weighted by atomic mass is 16.1. The Labute approximate surface area is 146 Å². The molecule has 0 aromatic carbocycles. The van der Waals surface area contributed by atoms with Crippen molar-refractivity contribution >= 4 is 5.91 Å². The number of amides is 1. The SMILES string of the molecule is C=CC1=C=C(N(C)N)NC(=O)C(C2CCCCC(CC)CCC2)=C1. The van der Waals surface area contributed by atoms with E-state index in [1.165, 1.54) is 43.5 Å². The van der Waals surface area contributed by atoms with Gasteiger partial charge in [-0.05, 0) is 30.8 Å². The van der Waals surface area contributed by atoms with Gasteiger partial charge in [-0.1, -0.05) is 63.8 Å². The summed E-state index contributed by atoms with van der Waals surface area (Å²) in [5.41, 5.74) is 4.79. The van der Waals surface area contributed by atoms with Crippen LogP contribution in [0.4, 0.5) is 0 Å². The Morgan fingerprint density at radius 2 is 2.00 bits per heavy atom. The van der Waals surface area contributed by atoms with E-state index >= 15 is 0 Å². The highest BCUT2D eigenvalue weighted by Crippen LogP contribution is 2.32. The maximum absolute atomic E-state index is 12.7. The van der Waals surface area contributed by atoms with Gasteiger partial charge in [-0.15, -0.1) is 0 Å². The monoisotopic (exact) mass is 329 g/mol. The minimum atomic E-state index is -0.0528. The molecule has 0 bridgehead atoms. The Bertz CT molecular complexity index is 567. The molecule has 0 radical (unpaired) electrons. The Hall–Kier alpha value is -1.77. The number of allylic oxidation sites excluding steroid dienone is 3. The van der Waals surface area contributed by atoms with Crippen molar-refractivity contribution in [3.8, 4) is 0 Å². The number of hydrazine groups is 1. The van der Waals surface area contributed by atoms with Gasteiger partial charge in [0.05, 0.1) is 0 Å². The summed E-state index contributed by atoms with van der Waals surface area (Å²) in [5.74, 6) is 7.37. The summed E-state index contributed by atoms with van der Waals surface area (Å²) in [4.78, 5) is 12.7. The first-order valence-corrected chi connectivity index (χ1v) is 9.19. The highest BCUT2D eigenvalue weighted by molar-refractivity contribution is 5.96. The van der Waals surface area contributed by atoms with E-state index in [1.807, 2.05) is 6.08 Å². The molecule has 132 valence electrons. The normalized spacial score (nSPS) is 25.8. The number of rotatable bonds is 4. The first-order valence-electron chi connectivity index (χ1n) is 9.19. The molecule has 0 aromatic rings. The van der Waals surface area contributed by atoms with E-state index in [0.717, 1.165) is 29.9 Å². The quantitative estimate of drug-likeness (QED) is 0.469. The largest absolute Gasteiger partial charge is 0.301 e. The smallest absolute Gasteiger partial charge is 0.253 e. The number of nitrogens with one attached hydrogen (secondary N) is 1. The fourth-order valence-electron chi connectivity index (χ4n) is 3.69. The zero-order valence-corrected chi connectivity index (χ0v) is 15.1. The Balaban J connectivity index is 2.22. The number of nitrogens with two attached hydrogens (primary N) is 1. The second-order valence-corrected chi connectivity index (χ2v) is 6.98. The second kappa shape index (κ2) is 8.91. The van der Waals surface area contributed by atoms with Crippen LogP contribution < -0.4 is 11.2 Å². The average molecular weight is 329 g/mol. The number of hydrogen-bond acceptors (Lipinski definition) is 3. The number of hydrogen-bond donors (Lipinski definition) is 2. The van der Waals surface area contributed by atoms with Gasteiger partial charge in [-0.2, -0.15) is 0 Å². The molecule has 2 aliphatic rings. The molecule has 1 amide bonds. The minimum absolute atomic E-state index is 0.0528. The average Bonchev–Trinajstić information content (AvgIpc) is 2.65. The van der Waals surface area contributed by atoms with E-state index < -0.39 is 0 Å². The molecular weight excluding hydrogens is 298 g/mol. The van der Waals surface area contributed by atoms with Crippen LogP contribution in [0.1, 0.15) is 58.3 Å². The van der Waals surface area contributed by atoms with Crippen molar-refractivity contribution in [2.75, 3.05) is 7.05 Å². The fourth-order valence-corrected chi connectivity index (χ4v) is 3.69. The molecule has 3 N–H and O–H groups in total.